The van der Waals surface area contributed by atoms with Crippen molar-refractivity contribution in [1.82, 2.24) is 9.88 Å². The Kier molecular flexibility index (Phi) is 6.68. The van der Waals surface area contributed by atoms with Crippen molar-refractivity contribution in [2.24, 2.45) is 11.8 Å². The first-order chi connectivity index (χ1) is 12.6. The summed E-state index contributed by atoms with van der Waals surface area (Å²) in [5.41, 5.74) is 1.52. The standard InChI is InChI=1S/C20H30N2O5/c1-11(2)27-19(24)17-14(5)18(21-15(17)6)20(25)26-10-16(23)22-8-12(3)7-13(4)9-22/h11-13,21H,7-10H2,1-6H3/t12-,13+. The molecule has 7 nitrogen and oxygen atoms in total. The Hall–Kier alpha value is -2.31. The first-order valence-electron chi connectivity index (χ1n) is 9.45. The fourth-order valence-corrected chi connectivity index (χ4v) is 3.69. The van der Waals surface area contributed by atoms with Gasteiger partial charge in [0.2, 0.25) is 0 Å². The molecule has 27 heavy (non-hydrogen) atoms. The summed E-state index contributed by atoms with van der Waals surface area (Å²) in [5, 5.41) is 0. The molecular weight excluding hydrogens is 348 g/mol. The van der Waals surface area contributed by atoms with Crippen LogP contribution in [-0.4, -0.2) is 53.5 Å². The minimum absolute atomic E-state index is 0.177. The number of carbonyl (C=O) groups excluding carboxylic acids is 3. The summed E-state index contributed by atoms with van der Waals surface area (Å²) in [5.74, 6) is -0.442. The second kappa shape index (κ2) is 8.59. The van der Waals surface area contributed by atoms with Gasteiger partial charge in [-0.05, 0) is 51.5 Å². The molecule has 1 N–H and O–H groups in total. The lowest BCUT2D eigenvalue weighted by Gasteiger charge is -2.34. The number of carbonyl (C=O) groups is 3. The Balaban J connectivity index is 2.02. The van der Waals surface area contributed by atoms with Gasteiger partial charge in [-0.3, -0.25) is 4.79 Å². The SMILES string of the molecule is Cc1[nH]c(C(=O)OCC(=O)N2C[C@H](C)C[C@H](C)C2)c(C)c1C(=O)OC(C)C. The van der Waals surface area contributed by atoms with Gasteiger partial charge in [-0.15, -0.1) is 0 Å². The van der Waals surface area contributed by atoms with E-state index in [1.165, 1.54) is 0 Å². The fourth-order valence-electron chi connectivity index (χ4n) is 3.69. The molecule has 0 radical (unpaired) electrons. The van der Waals surface area contributed by atoms with E-state index < -0.39 is 11.9 Å². The smallest absolute Gasteiger partial charge is 0.355 e. The van der Waals surface area contributed by atoms with E-state index in [-0.39, 0.29) is 24.3 Å². The van der Waals surface area contributed by atoms with E-state index in [9.17, 15) is 14.4 Å². The summed E-state index contributed by atoms with van der Waals surface area (Å²) in [4.78, 5) is 41.6. The predicted octanol–water partition coefficient (Wildman–Crippen LogP) is 2.86. The highest BCUT2D eigenvalue weighted by molar-refractivity contribution is 5.99. The maximum absolute atomic E-state index is 12.4. The van der Waals surface area contributed by atoms with Gasteiger partial charge in [0.25, 0.3) is 5.91 Å². The number of amides is 1. The van der Waals surface area contributed by atoms with Crippen LogP contribution < -0.4 is 0 Å². The highest BCUT2D eigenvalue weighted by Gasteiger charge is 2.28. The second-order valence-corrected chi connectivity index (χ2v) is 7.90. The van der Waals surface area contributed by atoms with Gasteiger partial charge in [-0.2, -0.15) is 0 Å². The van der Waals surface area contributed by atoms with Crippen LogP contribution in [0.15, 0.2) is 0 Å². The zero-order valence-electron chi connectivity index (χ0n) is 17.0. The van der Waals surface area contributed by atoms with E-state index in [4.69, 9.17) is 9.47 Å². The third kappa shape index (κ3) is 5.11. The van der Waals surface area contributed by atoms with Crippen LogP contribution in [0, 0.1) is 25.7 Å². The largest absolute Gasteiger partial charge is 0.459 e. The Morgan fingerprint density at radius 1 is 1.11 bits per heavy atom. The van der Waals surface area contributed by atoms with Crippen LogP contribution in [0.25, 0.3) is 0 Å². The first kappa shape index (κ1) is 21.0. The Morgan fingerprint density at radius 3 is 2.26 bits per heavy atom. The molecule has 0 unspecified atom stereocenters. The lowest BCUT2D eigenvalue weighted by atomic mass is 9.92. The van der Waals surface area contributed by atoms with E-state index in [0.717, 1.165) is 6.42 Å². The molecule has 2 rings (SSSR count). The quantitative estimate of drug-likeness (QED) is 0.796. The second-order valence-electron chi connectivity index (χ2n) is 7.90. The normalized spacial score (nSPS) is 19.9. The molecule has 150 valence electrons. The van der Waals surface area contributed by atoms with Crippen molar-refractivity contribution in [2.45, 2.75) is 54.1 Å². The zero-order chi connectivity index (χ0) is 20.3. The highest BCUT2D eigenvalue weighted by atomic mass is 16.5. The molecule has 0 saturated carbocycles. The van der Waals surface area contributed by atoms with Crippen molar-refractivity contribution in [3.8, 4) is 0 Å². The van der Waals surface area contributed by atoms with Gasteiger partial charge in [-0.1, -0.05) is 13.8 Å². The van der Waals surface area contributed by atoms with Gasteiger partial charge in [0, 0.05) is 18.8 Å². The number of esters is 2. The maximum atomic E-state index is 12.4. The van der Waals surface area contributed by atoms with Gasteiger partial charge >= 0.3 is 11.9 Å². The number of rotatable bonds is 5. The number of hydrogen-bond donors (Lipinski definition) is 1. The predicted molar refractivity (Wildman–Crippen MR) is 101 cm³/mol. The van der Waals surface area contributed by atoms with Gasteiger partial charge in [0.05, 0.1) is 11.7 Å². The summed E-state index contributed by atoms with van der Waals surface area (Å²) in [6.45, 7) is 12.2. The summed E-state index contributed by atoms with van der Waals surface area (Å²) in [7, 11) is 0. The molecule has 1 aromatic rings. The summed E-state index contributed by atoms with van der Waals surface area (Å²) in [6, 6.07) is 0. The number of piperidine rings is 1. The molecule has 0 bridgehead atoms. The molecule has 1 fully saturated rings. The van der Waals surface area contributed by atoms with Crippen molar-refractivity contribution in [3.05, 3.63) is 22.5 Å². The fraction of sp³-hybridized carbons (Fsp3) is 0.650. The average Bonchev–Trinajstić information content (AvgIpc) is 2.85. The molecule has 2 atom stereocenters. The van der Waals surface area contributed by atoms with Crippen molar-refractivity contribution >= 4 is 17.8 Å². The number of aryl methyl sites for hydroxylation is 1. The van der Waals surface area contributed by atoms with Crippen LogP contribution in [0.2, 0.25) is 0 Å². The van der Waals surface area contributed by atoms with Crippen LogP contribution in [0.5, 0.6) is 0 Å². The molecule has 1 aliphatic rings. The zero-order valence-corrected chi connectivity index (χ0v) is 17.0. The van der Waals surface area contributed by atoms with E-state index in [2.05, 4.69) is 18.8 Å². The van der Waals surface area contributed by atoms with Crippen LogP contribution >= 0.6 is 0 Å². The Morgan fingerprint density at radius 2 is 1.70 bits per heavy atom. The van der Waals surface area contributed by atoms with Gasteiger partial charge in [0.15, 0.2) is 6.61 Å². The van der Waals surface area contributed by atoms with E-state index in [1.807, 2.05) is 0 Å². The molecule has 0 aliphatic carbocycles. The van der Waals surface area contributed by atoms with Crippen LogP contribution in [0.4, 0.5) is 0 Å². The number of hydrogen-bond acceptors (Lipinski definition) is 5. The molecule has 1 aromatic heterocycles. The van der Waals surface area contributed by atoms with Crippen molar-refractivity contribution < 1.29 is 23.9 Å². The van der Waals surface area contributed by atoms with Crippen LogP contribution in [-0.2, 0) is 14.3 Å². The first-order valence-corrected chi connectivity index (χ1v) is 9.45. The van der Waals surface area contributed by atoms with E-state index in [0.29, 0.717) is 41.7 Å². The lowest BCUT2D eigenvalue weighted by Crippen LogP contribution is -2.44. The molecule has 0 spiro atoms. The number of H-pyrrole nitrogens is 1. The Bertz CT molecular complexity index is 712. The van der Waals surface area contributed by atoms with Gasteiger partial charge in [-0.25, -0.2) is 9.59 Å². The third-order valence-electron chi connectivity index (χ3n) is 4.74. The number of aromatic amines is 1. The van der Waals surface area contributed by atoms with Gasteiger partial charge in [0.1, 0.15) is 5.69 Å². The monoisotopic (exact) mass is 378 g/mol. The Labute approximate surface area is 160 Å². The molecule has 1 saturated heterocycles. The molecule has 7 heteroatoms. The number of nitrogens with zero attached hydrogens (tertiary/aromatic N) is 1. The highest BCUT2D eigenvalue weighted by Crippen LogP contribution is 2.22. The third-order valence-corrected chi connectivity index (χ3v) is 4.74. The molecular formula is C20H30N2O5. The number of aromatic nitrogens is 1. The van der Waals surface area contributed by atoms with Crippen LogP contribution in [0.1, 0.15) is 66.2 Å². The summed E-state index contributed by atoms with van der Waals surface area (Å²) in [6.07, 6.45) is 0.841. The van der Waals surface area contributed by atoms with Crippen molar-refractivity contribution in [2.75, 3.05) is 19.7 Å². The molecule has 2 heterocycles. The van der Waals surface area contributed by atoms with E-state index in [1.54, 1.807) is 32.6 Å². The summed E-state index contributed by atoms with van der Waals surface area (Å²) >= 11 is 0. The van der Waals surface area contributed by atoms with Crippen molar-refractivity contribution in [3.63, 3.8) is 0 Å². The van der Waals surface area contributed by atoms with Gasteiger partial charge < -0.3 is 19.4 Å². The topological polar surface area (TPSA) is 88.7 Å². The van der Waals surface area contributed by atoms with E-state index >= 15 is 0 Å². The molecule has 1 amide bonds. The lowest BCUT2D eigenvalue weighted by molar-refractivity contribution is -0.137. The minimum Gasteiger partial charge on any atom is -0.459 e. The number of ether oxygens (including phenoxy) is 2. The average molecular weight is 378 g/mol. The maximum Gasteiger partial charge on any atom is 0.355 e. The minimum atomic E-state index is -0.648. The molecule has 0 aromatic carbocycles. The van der Waals surface area contributed by atoms with Crippen LogP contribution in [0.3, 0.4) is 0 Å². The summed E-state index contributed by atoms with van der Waals surface area (Å²) < 4.78 is 10.4. The van der Waals surface area contributed by atoms with Crippen molar-refractivity contribution in [1.29, 1.82) is 0 Å². The molecule has 1 aliphatic heterocycles. The number of nitrogens with one attached hydrogen (secondary N) is 1. The number of likely N-dealkylation sites (tertiary alicyclic amines) is 1.